The second-order valence-electron chi connectivity index (χ2n) is 3.87. The smallest absolute Gasteiger partial charge is 0.0644 e. The predicted molar refractivity (Wildman–Crippen MR) is 69.4 cm³/mol. The molecule has 0 aliphatic rings. The molecule has 0 aromatic heterocycles. The first-order chi connectivity index (χ1) is 7.72. The standard InChI is InChI=1S/C12H20N2OS/c1-10(2)15-8-11(14-13)9-16-12-6-4-3-5-7-12/h3-7,10-11,14H,8-9,13H2,1-2H3. The molecule has 1 aromatic rings. The van der Waals surface area contributed by atoms with Crippen LogP contribution in [0.4, 0.5) is 0 Å². The van der Waals surface area contributed by atoms with Gasteiger partial charge in [-0.05, 0) is 26.0 Å². The molecular formula is C12H20N2OS. The molecule has 0 fully saturated rings. The summed E-state index contributed by atoms with van der Waals surface area (Å²) in [5.74, 6) is 6.39. The van der Waals surface area contributed by atoms with Gasteiger partial charge in [0.1, 0.15) is 0 Å². The molecule has 0 saturated heterocycles. The number of hydrogen-bond acceptors (Lipinski definition) is 4. The van der Waals surface area contributed by atoms with E-state index in [1.54, 1.807) is 11.8 Å². The van der Waals surface area contributed by atoms with E-state index in [4.69, 9.17) is 10.6 Å². The van der Waals surface area contributed by atoms with Crippen molar-refractivity contribution in [3.8, 4) is 0 Å². The Morgan fingerprint density at radius 2 is 2.00 bits per heavy atom. The third kappa shape index (κ3) is 5.51. The minimum atomic E-state index is 0.188. The number of rotatable bonds is 7. The fourth-order valence-corrected chi connectivity index (χ4v) is 2.10. The van der Waals surface area contributed by atoms with Crippen LogP contribution in [0.2, 0.25) is 0 Å². The lowest BCUT2D eigenvalue weighted by Gasteiger charge is -2.17. The maximum atomic E-state index is 5.53. The first kappa shape index (κ1) is 13.5. The second-order valence-corrected chi connectivity index (χ2v) is 4.96. The molecule has 1 atom stereocenters. The van der Waals surface area contributed by atoms with Gasteiger partial charge in [0.2, 0.25) is 0 Å². The van der Waals surface area contributed by atoms with Crippen LogP contribution in [0.1, 0.15) is 13.8 Å². The Hall–Kier alpha value is -0.550. The SMILES string of the molecule is CC(C)OCC(CSc1ccccc1)NN. The van der Waals surface area contributed by atoms with Crippen molar-refractivity contribution >= 4 is 11.8 Å². The van der Waals surface area contributed by atoms with E-state index < -0.39 is 0 Å². The average molecular weight is 240 g/mol. The molecule has 3 N–H and O–H groups in total. The Labute approximate surface area is 102 Å². The van der Waals surface area contributed by atoms with Crippen molar-refractivity contribution in [1.29, 1.82) is 0 Å². The van der Waals surface area contributed by atoms with E-state index in [0.29, 0.717) is 6.61 Å². The van der Waals surface area contributed by atoms with Crippen molar-refractivity contribution in [2.75, 3.05) is 12.4 Å². The van der Waals surface area contributed by atoms with E-state index in [-0.39, 0.29) is 12.1 Å². The van der Waals surface area contributed by atoms with Gasteiger partial charge in [0.15, 0.2) is 0 Å². The van der Waals surface area contributed by atoms with E-state index in [0.717, 1.165) is 5.75 Å². The molecule has 1 aromatic carbocycles. The molecule has 1 rings (SSSR count). The maximum absolute atomic E-state index is 5.53. The van der Waals surface area contributed by atoms with Crippen molar-refractivity contribution in [1.82, 2.24) is 5.43 Å². The zero-order valence-corrected chi connectivity index (χ0v) is 10.7. The Morgan fingerprint density at radius 3 is 2.56 bits per heavy atom. The summed E-state index contributed by atoms with van der Waals surface area (Å²) in [7, 11) is 0. The van der Waals surface area contributed by atoms with E-state index in [1.165, 1.54) is 4.90 Å². The molecule has 0 radical (unpaired) electrons. The van der Waals surface area contributed by atoms with Gasteiger partial charge in [-0.1, -0.05) is 18.2 Å². The molecule has 16 heavy (non-hydrogen) atoms. The normalized spacial score (nSPS) is 13.0. The van der Waals surface area contributed by atoms with Crippen LogP contribution < -0.4 is 11.3 Å². The Balaban J connectivity index is 2.28. The summed E-state index contributed by atoms with van der Waals surface area (Å²) in [6.45, 7) is 4.70. The molecule has 0 aliphatic carbocycles. The fraction of sp³-hybridized carbons (Fsp3) is 0.500. The summed E-state index contributed by atoms with van der Waals surface area (Å²) < 4.78 is 5.53. The van der Waals surface area contributed by atoms with Crippen molar-refractivity contribution in [2.45, 2.75) is 30.9 Å². The number of thioether (sulfide) groups is 1. The van der Waals surface area contributed by atoms with Crippen LogP contribution >= 0.6 is 11.8 Å². The highest BCUT2D eigenvalue weighted by molar-refractivity contribution is 7.99. The zero-order chi connectivity index (χ0) is 11.8. The third-order valence-corrected chi connectivity index (χ3v) is 3.24. The molecule has 3 nitrogen and oxygen atoms in total. The molecule has 0 aliphatic heterocycles. The van der Waals surface area contributed by atoms with Crippen LogP contribution in [0.15, 0.2) is 35.2 Å². The zero-order valence-electron chi connectivity index (χ0n) is 9.85. The van der Waals surface area contributed by atoms with Crippen molar-refractivity contribution in [3.63, 3.8) is 0 Å². The molecule has 0 heterocycles. The molecule has 0 saturated carbocycles. The Morgan fingerprint density at radius 1 is 1.31 bits per heavy atom. The summed E-state index contributed by atoms with van der Waals surface area (Å²) >= 11 is 1.78. The molecule has 1 unspecified atom stereocenters. The van der Waals surface area contributed by atoms with Crippen molar-refractivity contribution in [3.05, 3.63) is 30.3 Å². The number of hydrogen-bond donors (Lipinski definition) is 2. The van der Waals surface area contributed by atoms with Gasteiger partial charge in [0.25, 0.3) is 0 Å². The number of nitrogens with one attached hydrogen (secondary N) is 1. The van der Waals surface area contributed by atoms with E-state index >= 15 is 0 Å². The molecule has 90 valence electrons. The quantitative estimate of drug-likeness (QED) is 0.435. The maximum Gasteiger partial charge on any atom is 0.0644 e. The fourth-order valence-electron chi connectivity index (χ4n) is 1.17. The molecule has 4 heteroatoms. The van der Waals surface area contributed by atoms with Gasteiger partial charge in [0, 0.05) is 10.6 Å². The third-order valence-electron chi connectivity index (χ3n) is 2.06. The average Bonchev–Trinajstić information content (AvgIpc) is 2.30. The van der Waals surface area contributed by atoms with Crippen molar-refractivity contribution in [2.24, 2.45) is 5.84 Å². The summed E-state index contributed by atoms with van der Waals surface area (Å²) in [4.78, 5) is 1.26. The summed E-state index contributed by atoms with van der Waals surface area (Å²) in [5, 5.41) is 0. The molecule has 0 bridgehead atoms. The minimum Gasteiger partial charge on any atom is -0.377 e. The monoisotopic (exact) mass is 240 g/mol. The molecule has 0 amide bonds. The van der Waals surface area contributed by atoms with Crippen LogP contribution in [0.5, 0.6) is 0 Å². The van der Waals surface area contributed by atoms with Gasteiger partial charge in [-0.25, -0.2) is 0 Å². The Kier molecular flexibility index (Phi) is 6.49. The largest absolute Gasteiger partial charge is 0.377 e. The molecule has 0 spiro atoms. The molecular weight excluding hydrogens is 220 g/mol. The van der Waals surface area contributed by atoms with Crippen molar-refractivity contribution < 1.29 is 4.74 Å². The predicted octanol–water partition coefficient (Wildman–Crippen LogP) is 2.04. The number of benzene rings is 1. The highest BCUT2D eigenvalue weighted by atomic mass is 32.2. The van der Waals surface area contributed by atoms with Gasteiger partial charge in [-0.3, -0.25) is 11.3 Å². The number of hydrazine groups is 1. The van der Waals surface area contributed by atoms with Crippen LogP contribution in [-0.4, -0.2) is 24.5 Å². The van der Waals surface area contributed by atoms with E-state index in [9.17, 15) is 0 Å². The topological polar surface area (TPSA) is 47.3 Å². The number of nitrogens with two attached hydrogens (primary N) is 1. The van der Waals surface area contributed by atoms with Crippen LogP contribution in [0, 0.1) is 0 Å². The second kappa shape index (κ2) is 7.68. The van der Waals surface area contributed by atoms with Crippen LogP contribution in [0.3, 0.4) is 0 Å². The summed E-state index contributed by atoms with van der Waals surface area (Å²) in [6.07, 6.45) is 0.248. The van der Waals surface area contributed by atoms with Crippen LogP contribution in [-0.2, 0) is 4.74 Å². The summed E-state index contributed by atoms with van der Waals surface area (Å²) in [5.41, 5.74) is 2.78. The van der Waals surface area contributed by atoms with E-state index in [1.807, 2.05) is 32.0 Å². The lowest BCUT2D eigenvalue weighted by Crippen LogP contribution is -2.41. The van der Waals surface area contributed by atoms with Gasteiger partial charge >= 0.3 is 0 Å². The summed E-state index contributed by atoms with van der Waals surface area (Å²) in [6, 6.07) is 10.5. The van der Waals surface area contributed by atoms with Gasteiger partial charge in [-0.2, -0.15) is 0 Å². The van der Waals surface area contributed by atoms with Crippen LogP contribution in [0.25, 0.3) is 0 Å². The number of ether oxygens (including phenoxy) is 1. The van der Waals surface area contributed by atoms with Gasteiger partial charge in [-0.15, -0.1) is 11.8 Å². The first-order valence-corrected chi connectivity index (χ1v) is 6.46. The Bertz CT molecular complexity index is 280. The highest BCUT2D eigenvalue weighted by Crippen LogP contribution is 2.17. The van der Waals surface area contributed by atoms with Gasteiger partial charge < -0.3 is 4.74 Å². The first-order valence-electron chi connectivity index (χ1n) is 5.48. The minimum absolute atomic E-state index is 0.188. The lowest BCUT2D eigenvalue weighted by molar-refractivity contribution is 0.0655. The van der Waals surface area contributed by atoms with Gasteiger partial charge in [0.05, 0.1) is 18.8 Å². The lowest BCUT2D eigenvalue weighted by atomic mass is 10.4. The highest BCUT2D eigenvalue weighted by Gasteiger charge is 2.08. The van der Waals surface area contributed by atoms with E-state index in [2.05, 4.69) is 17.6 Å².